The highest BCUT2D eigenvalue weighted by atomic mass is 32.2. The van der Waals surface area contributed by atoms with E-state index in [4.69, 9.17) is 4.55 Å². The van der Waals surface area contributed by atoms with Gasteiger partial charge < -0.3 is 15.5 Å². The largest absolute Gasteiger partial charge is 0.508 e. The highest BCUT2D eigenvalue weighted by Crippen LogP contribution is 2.31. The van der Waals surface area contributed by atoms with Crippen LogP contribution in [0.5, 0.6) is 11.5 Å². The zero-order valence-corrected chi connectivity index (χ0v) is 12.6. The average molecular weight is 331 g/mol. The summed E-state index contributed by atoms with van der Waals surface area (Å²) in [4.78, 5) is -0.371. The van der Waals surface area contributed by atoms with E-state index in [1.165, 1.54) is 18.2 Å². The molecule has 0 saturated heterocycles. The Bertz CT molecular complexity index is 981. The van der Waals surface area contributed by atoms with Crippen LogP contribution in [0.25, 0.3) is 10.8 Å². The number of anilines is 2. The Hall–Kier alpha value is -2.77. The van der Waals surface area contributed by atoms with Crippen LogP contribution in [0.1, 0.15) is 0 Å². The number of aromatic hydroxyl groups is 2. The molecule has 6 nitrogen and oxygen atoms in total. The summed E-state index contributed by atoms with van der Waals surface area (Å²) in [5.74, 6) is -0.0805. The van der Waals surface area contributed by atoms with E-state index >= 15 is 0 Å². The predicted octanol–water partition coefficient (Wildman–Crippen LogP) is 3.24. The molecule has 0 unspecified atom stereocenters. The first-order valence-electron chi connectivity index (χ1n) is 6.63. The Morgan fingerprint density at radius 1 is 0.826 bits per heavy atom. The Kier molecular flexibility index (Phi) is 3.59. The number of phenolic OH excluding ortho intramolecular Hbond substituents is 2. The maximum atomic E-state index is 11.2. The van der Waals surface area contributed by atoms with Gasteiger partial charge in [0.2, 0.25) is 0 Å². The monoisotopic (exact) mass is 331 g/mol. The number of hydrogen-bond donors (Lipinski definition) is 4. The van der Waals surface area contributed by atoms with Crippen LogP contribution in [0.15, 0.2) is 59.5 Å². The van der Waals surface area contributed by atoms with Crippen LogP contribution in [-0.4, -0.2) is 23.2 Å². The summed E-state index contributed by atoms with van der Waals surface area (Å²) in [6.45, 7) is 0. The van der Waals surface area contributed by atoms with Crippen LogP contribution in [-0.2, 0) is 10.1 Å². The lowest BCUT2D eigenvalue weighted by Crippen LogP contribution is -1.98. The summed E-state index contributed by atoms with van der Waals surface area (Å²) in [5.41, 5.74) is 1.40. The minimum absolute atomic E-state index is 0.150. The first-order chi connectivity index (χ1) is 10.8. The van der Waals surface area contributed by atoms with Crippen LogP contribution >= 0.6 is 0 Å². The Labute approximate surface area is 132 Å². The van der Waals surface area contributed by atoms with Gasteiger partial charge in [-0.1, -0.05) is 0 Å². The summed E-state index contributed by atoms with van der Waals surface area (Å²) in [6.07, 6.45) is 0. The molecule has 0 bridgehead atoms. The summed E-state index contributed by atoms with van der Waals surface area (Å²) >= 11 is 0. The fraction of sp³-hybridized carbons (Fsp3) is 0. The molecule has 0 saturated carbocycles. The molecule has 0 heterocycles. The van der Waals surface area contributed by atoms with E-state index in [1.54, 1.807) is 30.3 Å². The van der Waals surface area contributed by atoms with Crippen LogP contribution in [0, 0.1) is 0 Å². The number of nitrogens with one attached hydrogen (secondary N) is 1. The lowest BCUT2D eigenvalue weighted by Gasteiger charge is -2.09. The third-order valence-electron chi connectivity index (χ3n) is 3.36. The van der Waals surface area contributed by atoms with E-state index in [9.17, 15) is 18.6 Å². The topological polar surface area (TPSA) is 107 Å². The van der Waals surface area contributed by atoms with Crippen molar-refractivity contribution < 1.29 is 23.2 Å². The maximum Gasteiger partial charge on any atom is 0.294 e. The van der Waals surface area contributed by atoms with Gasteiger partial charge in [0.05, 0.1) is 4.90 Å². The van der Waals surface area contributed by atoms with Gasteiger partial charge >= 0.3 is 0 Å². The molecule has 0 aliphatic heterocycles. The molecule has 7 heteroatoms. The normalized spacial score (nSPS) is 11.5. The molecule has 0 aliphatic carbocycles. The molecule has 118 valence electrons. The maximum absolute atomic E-state index is 11.2. The molecule has 23 heavy (non-hydrogen) atoms. The predicted molar refractivity (Wildman–Crippen MR) is 86.8 cm³/mol. The molecule has 3 aromatic carbocycles. The molecule has 0 atom stereocenters. The molecule has 3 rings (SSSR count). The highest BCUT2D eigenvalue weighted by Gasteiger charge is 2.13. The summed E-state index contributed by atoms with van der Waals surface area (Å²) < 4.78 is 31.6. The number of rotatable bonds is 3. The molecule has 4 N–H and O–H groups in total. The highest BCUT2D eigenvalue weighted by molar-refractivity contribution is 7.85. The lowest BCUT2D eigenvalue weighted by molar-refractivity contribution is 0.471. The van der Waals surface area contributed by atoms with Crippen molar-refractivity contribution in [3.8, 4) is 11.5 Å². The Morgan fingerprint density at radius 3 is 2.13 bits per heavy atom. The molecule has 0 aliphatic rings. The molecule has 0 aromatic heterocycles. The minimum atomic E-state index is -4.40. The number of benzene rings is 3. The van der Waals surface area contributed by atoms with E-state index in [-0.39, 0.29) is 16.4 Å². The molecule has 0 fully saturated rings. The third-order valence-corrected chi connectivity index (χ3v) is 4.19. The Balaban J connectivity index is 2.05. The summed E-state index contributed by atoms with van der Waals surface area (Å²) in [5, 5.41) is 23.2. The zero-order valence-electron chi connectivity index (χ0n) is 11.8. The van der Waals surface area contributed by atoms with E-state index in [0.717, 1.165) is 11.8 Å². The van der Waals surface area contributed by atoms with E-state index in [1.807, 2.05) is 0 Å². The van der Waals surface area contributed by atoms with Gasteiger partial charge in [-0.3, -0.25) is 4.55 Å². The number of phenols is 2. The van der Waals surface area contributed by atoms with Gasteiger partial charge in [0.1, 0.15) is 11.5 Å². The van der Waals surface area contributed by atoms with Crippen molar-refractivity contribution in [3.63, 3.8) is 0 Å². The quantitative estimate of drug-likeness (QED) is 0.433. The number of hydrogen-bond acceptors (Lipinski definition) is 5. The van der Waals surface area contributed by atoms with E-state index in [2.05, 4.69) is 5.32 Å². The molecular weight excluding hydrogens is 318 g/mol. The molecule has 0 spiro atoms. The average Bonchev–Trinajstić information content (AvgIpc) is 2.48. The fourth-order valence-electron chi connectivity index (χ4n) is 2.26. The van der Waals surface area contributed by atoms with Gasteiger partial charge in [0.15, 0.2) is 0 Å². The van der Waals surface area contributed by atoms with Crippen molar-refractivity contribution in [1.82, 2.24) is 0 Å². The van der Waals surface area contributed by atoms with Crippen molar-refractivity contribution in [1.29, 1.82) is 0 Å². The van der Waals surface area contributed by atoms with Crippen LogP contribution in [0.2, 0.25) is 0 Å². The van der Waals surface area contributed by atoms with Gasteiger partial charge in [-0.05, 0) is 53.9 Å². The second-order valence-electron chi connectivity index (χ2n) is 5.03. The molecule has 0 radical (unpaired) electrons. The summed E-state index contributed by atoms with van der Waals surface area (Å²) in [7, 11) is -4.40. The second kappa shape index (κ2) is 5.45. The fourth-order valence-corrected chi connectivity index (χ4v) is 2.80. The van der Waals surface area contributed by atoms with Gasteiger partial charge in [-0.25, -0.2) is 0 Å². The van der Waals surface area contributed by atoms with Crippen molar-refractivity contribution in [2.75, 3.05) is 5.32 Å². The van der Waals surface area contributed by atoms with Gasteiger partial charge in [0, 0.05) is 22.8 Å². The SMILES string of the molecule is O=S(=O)(O)c1cc(O)c2ccc(Nc3ccc(O)cc3)cc2c1. The van der Waals surface area contributed by atoms with Crippen molar-refractivity contribution in [3.05, 3.63) is 54.6 Å². The first-order valence-corrected chi connectivity index (χ1v) is 8.07. The van der Waals surface area contributed by atoms with Gasteiger partial charge in [-0.2, -0.15) is 8.42 Å². The van der Waals surface area contributed by atoms with Crippen LogP contribution in [0.4, 0.5) is 11.4 Å². The summed E-state index contributed by atoms with van der Waals surface area (Å²) in [6, 6.07) is 13.7. The molecule has 0 amide bonds. The van der Waals surface area contributed by atoms with Gasteiger partial charge in [0.25, 0.3) is 10.1 Å². The van der Waals surface area contributed by atoms with Crippen LogP contribution in [0.3, 0.4) is 0 Å². The minimum Gasteiger partial charge on any atom is -0.508 e. The zero-order chi connectivity index (χ0) is 16.6. The number of fused-ring (bicyclic) bond motifs is 1. The van der Waals surface area contributed by atoms with Crippen molar-refractivity contribution in [2.24, 2.45) is 0 Å². The van der Waals surface area contributed by atoms with E-state index < -0.39 is 10.1 Å². The first kappa shape index (κ1) is 15.1. The standard InChI is InChI=1S/C16H13NO5S/c18-13-4-1-11(2-5-13)17-12-3-6-15-10(7-12)8-14(9-16(15)19)23(20,21)22/h1-9,17-19H,(H,20,21,22). The van der Waals surface area contributed by atoms with E-state index in [0.29, 0.717) is 16.5 Å². The van der Waals surface area contributed by atoms with Crippen molar-refractivity contribution >= 4 is 32.3 Å². The second-order valence-corrected chi connectivity index (χ2v) is 6.45. The molecular formula is C16H13NO5S. The van der Waals surface area contributed by atoms with Gasteiger partial charge in [-0.15, -0.1) is 0 Å². The third kappa shape index (κ3) is 3.20. The smallest absolute Gasteiger partial charge is 0.294 e. The molecule has 3 aromatic rings. The van der Waals surface area contributed by atoms with Crippen molar-refractivity contribution in [2.45, 2.75) is 4.90 Å². The van der Waals surface area contributed by atoms with Crippen LogP contribution < -0.4 is 5.32 Å². The Morgan fingerprint density at radius 2 is 1.48 bits per heavy atom. The lowest BCUT2D eigenvalue weighted by atomic mass is 10.1.